The summed E-state index contributed by atoms with van der Waals surface area (Å²) in [7, 11) is 0. The molecule has 13 heavy (non-hydrogen) atoms. The van der Waals surface area contributed by atoms with Gasteiger partial charge in [-0.3, -0.25) is 0 Å². The number of unbranched alkanes of at least 4 members (excludes halogenated alkanes) is 3. The van der Waals surface area contributed by atoms with E-state index < -0.39 is 0 Å². The second-order valence-corrected chi connectivity index (χ2v) is 5.46. The third-order valence-electron chi connectivity index (χ3n) is 2.84. The average Bonchev–Trinajstić information content (AvgIpc) is 2.87. The van der Waals surface area contributed by atoms with E-state index in [1.54, 1.807) is 0 Å². The Morgan fingerprint density at radius 3 is 2.54 bits per heavy atom. The minimum atomic E-state index is 0.0441. The Hall–Kier alpha value is 0.0200. The van der Waals surface area contributed by atoms with Crippen molar-refractivity contribution in [2.75, 3.05) is 0 Å². The summed E-state index contributed by atoms with van der Waals surface area (Å²) in [6.07, 6.45) is 8.57. The van der Waals surface area contributed by atoms with Crippen LogP contribution in [0.5, 0.6) is 0 Å². The largest absolute Gasteiger partial charge is 0.302 e. The van der Waals surface area contributed by atoms with Crippen molar-refractivity contribution >= 4 is 18.0 Å². The SMILES string of the molecule is CCCCCCC1(C=O)SC1CC. The van der Waals surface area contributed by atoms with Gasteiger partial charge in [-0.2, -0.15) is 0 Å². The van der Waals surface area contributed by atoms with Crippen LogP contribution in [0.3, 0.4) is 0 Å². The maximum Gasteiger partial charge on any atom is 0.137 e. The molecule has 0 aromatic carbocycles. The van der Waals surface area contributed by atoms with Gasteiger partial charge in [-0.25, -0.2) is 0 Å². The van der Waals surface area contributed by atoms with Gasteiger partial charge in [0.05, 0.1) is 4.75 Å². The normalized spacial score (nSPS) is 31.7. The molecule has 0 spiro atoms. The molecule has 0 aromatic heterocycles. The molecule has 0 aliphatic carbocycles. The molecule has 1 aliphatic heterocycles. The van der Waals surface area contributed by atoms with Gasteiger partial charge in [0.2, 0.25) is 0 Å². The lowest BCUT2D eigenvalue weighted by molar-refractivity contribution is -0.109. The highest BCUT2D eigenvalue weighted by Gasteiger charge is 2.53. The average molecular weight is 200 g/mol. The van der Waals surface area contributed by atoms with Gasteiger partial charge in [-0.1, -0.05) is 39.5 Å². The molecular weight excluding hydrogens is 180 g/mol. The minimum Gasteiger partial charge on any atom is -0.302 e. The van der Waals surface area contributed by atoms with Crippen molar-refractivity contribution in [3.05, 3.63) is 0 Å². The van der Waals surface area contributed by atoms with Gasteiger partial charge < -0.3 is 4.79 Å². The number of carbonyl (C=O) groups excluding carboxylic acids is 1. The van der Waals surface area contributed by atoms with E-state index in [9.17, 15) is 4.79 Å². The fourth-order valence-electron chi connectivity index (χ4n) is 1.87. The van der Waals surface area contributed by atoms with Crippen LogP contribution in [0.2, 0.25) is 0 Å². The van der Waals surface area contributed by atoms with E-state index in [4.69, 9.17) is 0 Å². The molecular formula is C11H20OS. The molecule has 0 saturated carbocycles. The number of rotatable bonds is 7. The Morgan fingerprint density at radius 1 is 1.31 bits per heavy atom. The maximum atomic E-state index is 10.9. The van der Waals surface area contributed by atoms with Crippen LogP contribution in [0, 0.1) is 0 Å². The summed E-state index contributed by atoms with van der Waals surface area (Å²) in [6, 6.07) is 0. The Morgan fingerprint density at radius 2 is 2.08 bits per heavy atom. The predicted molar refractivity (Wildman–Crippen MR) is 59.2 cm³/mol. The van der Waals surface area contributed by atoms with Crippen molar-refractivity contribution in [2.45, 2.75) is 62.4 Å². The second kappa shape index (κ2) is 5.04. The van der Waals surface area contributed by atoms with E-state index in [-0.39, 0.29) is 4.75 Å². The highest BCUT2D eigenvalue weighted by atomic mass is 32.2. The topological polar surface area (TPSA) is 17.1 Å². The van der Waals surface area contributed by atoms with E-state index in [2.05, 4.69) is 13.8 Å². The summed E-state index contributed by atoms with van der Waals surface area (Å²) < 4.78 is 0.0441. The molecule has 2 heteroatoms. The smallest absolute Gasteiger partial charge is 0.137 e. The lowest BCUT2D eigenvalue weighted by Gasteiger charge is -2.05. The summed E-state index contributed by atoms with van der Waals surface area (Å²) in [4.78, 5) is 10.9. The number of aldehydes is 1. The van der Waals surface area contributed by atoms with E-state index in [0.717, 1.165) is 12.8 Å². The lowest BCUT2D eigenvalue weighted by Crippen LogP contribution is -2.15. The van der Waals surface area contributed by atoms with E-state index in [0.29, 0.717) is 5.25 Å². The van der Waals surface area contributed by atoms with Gasteiger partial charge in [-0.05, 0) is 12.8 Å². The molecule has 1 rings (SSSR count). The van der Waals surface area contributed by atoms with Crippen molar-refractivity contribution in [1.82, 2.24) is 0 Å². The Labute approximate surface area is 85.7 Å². The molecule has 0 N–H and O–H groups in total. The van der Waals surface area contributed by atoms with Crippen molar-refractivity contribution in [3.63, 3.8) is 0 Å². The van der Waals surface area contributed by atoms with E-state index >= 15 is 0 Å². The summed E-state index contributed by atoms with van der Waals surface area (Å²) >= 11 is 1.87. The minimum absolute atomic E-state index is 0.0441. The van der Waals surface area contributed by atoms with Gasteiger partial charge in [-0.15, -0.1) is 11.8 Å². The fraction of sp³-hybridized carbons (Fsp3) is 0.909. The van der Waals surface area contributed by atoms with Crippen LogP contribution < -0.4 is 0 Å². The summed E-state index contributed by atoms with van der Waals surface area (Å²) in [6.45, 7) is 4.39. The highest BCUT2D eigenvalue weighted by molar-refractivity contribution is 8.09. The van der Waals surface area contributed by atoms with Gasteiger partial charge in [0.15, 0.2) is 0 Å². The van der Waals surface area contributed by atoms with Crippen molar-refractivity contribution < 1.29 is 4.79 Å². The van der Waals surface area contributed by atoms with Crippen LogP contribution in [0.25, 0.3) is 0 Å². The highest BCUT2D eigenvalue weighted by Crippen LogP contribution is 2.56. The maximum absolute atomic E-state index is 10.9. The molecule has 1 heterocycles. The zero-order valence-electron chi connectivity index (χ0n) is 8.71. The lowest BCUT2D eigenvalue weighted by atomic mass is 9.98. The third kappa shape index (κ3) is 2.73. The Bertz CT molecular complexity index is 169. The number of hydrogen-bond donors (Lipinski definition) is 0. The molecule has 1 nitrogen and oxygen atoms in total. The number of hydrogen-bond acceptors (Lipinski definition) is 2. The number of carbonyl (C=O) groups is 1. The number of thioether (sulfide) groups is 1. The van der Waals surface area contributed by atoms with Crippen LogP contribution in [0.1, 0.15) is 52.4 Å². The van der Waals surface area contributed by atoms with Crippen molar-refractivity contribution in [3.8, 4) is 0 Å². The molecule has 1 aliphatic rings. The monoisotopic (exact) mass is 200 g/mol. The Kier molecular flexibility index (Phi) is 4.30. The van der Waals surface area contributed by atoms with Crippen LogP contribution in [-0.2, 0) is 4.79 Å². The second-order valence-electron chi connectivity index (χ2n) is 3.90. The first-order valence-corrected chi connectivity index (χ1v) is 6.31. The summed E-state index contributed by atoms with van der Waals surface area (Å²) in [5, 5.41) is 0.631. The van der Waals surface area contributed by atoms with Gasteiger partial charge in [0.1, 0.15) is 6.29 Å². The molecule has 1 saturated heterocycles. The van der Waals surface area contributed by atoms with Crippen molar-refractivity contribution in [2.24, 2.45) is 0 Å². The molecule has 0 aromatic rings. The van der Waals surface area contributed by atoms with E-state index in [1.807, 2.05) is 11.8 Å². The first kappa shape index (κ1) is 11.1. The summed E-state index contributed by atoms with van der Waals surface area (Å²) in [5.41, 5.74) is 0. The molecule has 0 amide bonds. The zero-order valence-corrected chi connectivity index (χ0v) is 9.53. The Balaban J connectivity index is 2.16. The van der Waals surface area contributed by atoms with Gasteiger partial charge in [0.25, 0.3) is 0 Å². The van der Waals surface area contributed by atoms with Crippen LogP contribution in [0.4, 0.5) is 0 Å². The fourth-order valence-corrected chi connectivity index (χ4v) is 3.16. The molecule has 76 valence electrons. The first-order valence-electron chi connectivity index (χ1n) is 5.43. The quantitative estimate of drug-likeness (QED) is 0.356. The van der Waals surface area contributed by atoms with E-state index in [1.165, 1.54) is 32.0 Å². The standard InChI is InChI=1S/C11H20OS/c1-3-5-6-7-8-11(9-12)10(4-2)13-11/h9-10H,3-8H2,1-2H3. The predicted octanol–water partition coefficient (Wildman–Crippen LogP) is 3.42. The molecule has 0 radical (unpaired) electrons. The van der Waals surface area contributed by atoms with Gasteiger partial charge in [0, 0.05) is 5.25 Å². The molecule has 0 bridgehead atoms. The van der Waals surface area contributed by atoms with Crippen LogP contribution in [0.15, 0.2) is 0 Å². The van der Waals surface area contributed by atoms with Gasteiger partial charge >= 0.3 is 0 Å². The molecule has 2 unspecified atom stereocenters. The third-order valence-corrected chi connectivity index (χ3v) is 4.65. The summed E-state index contributed by atoms with van der Waals surface area (Å²) in [5.74, 6) is 0. The van der Waals surface area contributed by atoms with Crippen molar-refractivity contribution in [1.29, 1.82) is 0 Å². The molecule has 1 fully saturated rings. The first-order chi connectivity index (χ1) is 6.29. The molecule has 2 atom stereocenters. The van der Waals surface area contributed by atoms with Crippen LogP contribution in [-0.4, -0.2) is 16.3 Å². The zero-order chi connectivity index (χ0) is 9.73. The van der Waals surface area contributed by atoms with Crippen LogP contribution >= 0.6 is 11.8 Å².